The molecule has 19 heavy (non-hydrogen) atoms. The second-order valence-corrected chi connectivity index (χ2v) is 5.16. The molecule has 5 N–H and O–H groups in total. The van der Waals surface area contributed by atoms with Gasteiger partial charge in [-0.2, -0.15) is 0 Å². The molecule has 0 aliphatic rings. The van der Waals surface area contributed by atoms with Crippen molar-refractivity contribution in [3.05, 3.63) is 36.4 Å². The van der Waals surface area contributed by atoms with E-state index in [9.17, 15) is 0 Å². The Labute approximate surface area is 114 Å². The first kappa shape index (κ1) is 13.2. The van der Waals surface area contributed by atoms with E-state index in [4.69, 9.17) is 21.4 Å². The van der Waals surface area contributed by atoms with Crippen molar-refractivity contribution < 1.29 is 9.90 Å². The molecule has 5 heteroatoms. The van der Waals surface area contributed by atoms with Crippen LogP contribution in [0.5, 0.6) is 0 Å². The van der Waals surface area contributed by atoms with Crippen LogP contribution in [0.25, 0.3) is 20.2 Å². The first-order valence-corrected chi connectivity index (χ1v) is 6.46. The number of rotatable bonds is 0. The van der Waals surface area contributed by atoms with E-state index in [2.05, 4.69) is 12.1 Å². The van der Waals surface area contributed by atoms with Gasteiger partial charge in [0.25, 0.3) is 5.97 Å². The number of thiophene rings is 1. The van der Waals surface area contributed by atoms with Crippen molar-refractivity contribution in [3.63, 3.8) is 0 Å². The zero-order valence-electron chi connectivity index (χ0n) is 10.4. The van der Waals surface area contributed by atoms with Crippen molar-refractivity contribution in [2.24, 2.45) is 0 Å². The van der Waals surface area contributed by atoms with Gasteiger partial charge in [0, 0.05) is 28.1 Å². The summed E-state index contributed by atoms with van der Waals surface area (Å²) in [6, 6.07) is 12.1. The molecule has 3 rings (SSSR count). The standard InChI is InChI=1S/C12H10N2S.C2H4O2/c13-7-5-9-8-3-1-2-4-11(8)15-12(9)10(14)6-7;1-2(3)4/h1-6H,13-14H2;1H3,(H,3,4). The second kappa shape index (κ2) is 5.16. The van der Waals surface area contributed by atoms with Gasteiger partial charge < -0.3 is 16.6 Å². The lowest BCUT2D eigenvalue weighted by Gasteiger charge is -1.98. The van der Waals surface area contributed by atoms with Crippen LogP contribution in [-0.4, -0.2) is 11.1 Å². The van der Waals surface area contributed by atoms with Crippen molar-refractivity contribution in [2.75, 3.05) is 11.5 Å². The van der Waals surface area contributed by atoms with E-state index in [1.165, 1.54) is 10.1 Å². The van der Waals surface area contributed by atoms with E-state index < -0.39 is 5.97 Å². The molecule has 0 amide bonds. The molecule has 2 aromatic carbocycles. The van der Waals surface area contributed by atoms with Gasteiger partial charge in [-0.25, -0.2) is 0 Å². The summed E-state index contributed by atoms with van der Waals surface area (Å²) in [4.78, 5) is 9.00. The summed E-state index contributed by atoms with van der Waals surface area (Å²) < 4.78 is 2.38. The van der Waals surface area contributed by atoms with Crippen LogP contribution in [0, 0.1) is 0 Å². The van der Waals surface area contributed by atoms with Crippen LogP contribution < -0.4 is 11.5 Å². The molecule has 98 valence electrons. The van der Waals surface area contributed by atoms with E-state index in [-0.39, 0.29) is 0 Å². The molecule has 0 atom stereocenters. The smallest absolute Gasteiger partial charge is 0.300 e. The SMILES string of the molecule is CC(=O)O.Nc1cc(N)c2sc3ccccc3c2c1. The van der Waals surface area contributed by atoms with Crippen LogP contribution in [-0.2, 0) is 4.79 Å². The minimum absolute atomic E-state index is 0.726. The fraction of sp³-hybridized carbons (Fsp3) is 0.0714. The molecule has 1 aromatic heterocycles. The summed E-state index contributed by atoms with van der Waals surface area (Å²) in [5.41, 5.74) is 13.2. The Bertz CT molecular complexity index is 746. The molecule has 0 aliphatic heterocycles. The lowest BCUT2D eigenvalue weighted by Crippen LogP contribution is -1.89. The molecule has 0 aliphatic carbocycles. The van der Waals surface area contributed by atoms with Crippen LogP contribution in [0.2, 0.25) is 0 Å². The maximum Gasteiger partial charge on any atom is 0.300 e. The Morgan fingerprint density at radius 3 is 2.47 bits per heavy atom. The molecule has 0 saturated heterocycles. The third-order valence-electron chi connectivity index (χ3n) is 2.53. The number of hydrogen-bond acceptors (Lipinski definition) is 4. The largest absolute Gasteiger partial charge is 0.481 e. The highest BCUT2D eigenvalue weighted by atomic mass is 32.1. The predicted molar refractivity (Wildman–Crippen MR) is 81.5 cm³/mol. The second-order valence-electron chi connectivity index (χ2n) is 4.10. The molecule has 0 bridgehead atoms. The predicted octanol–water partition coefficient (Wildman–Crippen LogP) is 3.31. The maximum atomic E-state index is 9.00. The summed E-state index contributed by atoms with van der Waals surface area (Å²) in [6.45, 7) is 1.08. The first-order valence-electron chi connectivity index (χ1n) is 5.65. The van der Waals surface area contributed by atoms with Gasteiger partial charge in [-0.3, -0.25) is 4.79 Å². The average molecular weight is 274 g/mol. The van der Waals surface area contributed by atoms with Crippen LogP contribution in [0.3, 0.4) is 0 Å². The Morgan fingerprint density at radius 1 is 1.16 bits per heavy atom. The number of carbonyl (C=O) groups is 1. The molecule has 1 heterocycles. The molecular weight excluding hydrogens is 260 g/mol. The number of benzene rings is 2. The average Bonchev–Trinajstić information content (AvgIpc) is 2.68. The van der Waals surface area contributed by atoms with Crippen LogP contribution in [0.15, 0.2) is 36.4 Å². The number of carboxylic acid groups (broad SMARTS) is 1. The Balaban J connectivity index is 0.000000297. The fourth-order valence-corrected chi connectivity index (χ4v) is 2.99. The number of aliphatic carboxylic acids is 1. The number of nitrogen functional groups attached to an aromatic ring is 2. The van der Waals surface area contributed by atoms with Crippen LogP contribution in [0.1, 0.15) is 6.92 Å². The van der Waals surface area contributed by atoms with Crippen molar-refractivity contribution in [2.45, 2.75) is 6.92 Å². The molecule has 0 spiro atoms. The van der Waals surface area contributed by atoms with E-state index in [0.717, 1.165) is 28.4 Å². The first-order chi connectivity index (χ1) is 8.99. The number of anilines is 2. The lowest BCUT2D eigenvalue weighted by atomic mass is 10.1. The quantitative estimate of drug-likeness (QED) is 0.549. The van der Waals surface area contributed by atoms with Gasteiger partial charge >= 0.3 is 0 Å². The Hall–Kier alpha value is -2.27. The third kappa shape index (κ3) is 2.77. The summed E-state index contributed by atoms with van der Waals surface area (Å²) in [7, 11) is 0. The number of hydrogen-bond donors (Lipinski definition) is 3. The van der Waals surface area contributed by atoms with Gasteiger partial charge in [0.05, 0.1) is 10.4 Å². The summed E-state index contributed by atoms with van der Waals surface area (Å²) in [5, 5.41) is 9.81. The molecule has 0 unspecified atom stereocenters. The molecule has 0 fully saturated rings. The maximum absolute atomic E-state index is 9.00. The highest BCUT2D eigenvalue weighted by Crippen LogP contribution is 2.38. The van der Waals surface area contributed by atoms with Crippen molar-refractivity contribution in [1.82, 2.24) is 0 Å². The van der Waals surface area contributed by atoms with Crippen molar-refractivity contribution in [3.8, 4) is 0 Å². The summed E-state index contributed by atoms with van der Waals surface area (Å²) >= 11 is 1.72. The van der Waals surface area contributed by atoms with E-state index in [0.29, 0.717) is 0 Å². The van der Waals surface area contributed by atoms with Gasteiger partial charge in [-0.05, 0) is 18.2 Å². The van der Waals surface area contributed by atoms with Gasteiger partial charge in [0.1, 0.15) is 0 Å². The Kier molecular flexibility index (Phi) is 3.57. The van der Waals surface area contributed by atoms with Gasteiger partial charge in [-0.1, -0.05) is 18.2 Å². The third-order valence-corrected chi connectivity index (χ3v) is 3.76. The number of carboxylic acids is 1. The van der Waals surface area contributed by atoms with Gasteiger partial charge in [-0.15, -0.1) is 11.3 Å². The zero-order valence-corrected chi connectivity index (χ0v) is 11.2. The Morgan fingerprint density at radius 2 is 1.79 bits per heavy atom. The van der Waals surface area contributed by atoms with Crippen LogP contribution >= 0.6 is 11.3 Å². The molecule has 3 aromatic rings. The van der Waals surface area contributed by atoms with Crippen molar-refractivity contribution >= 4 is 48.9 Å². The minimum atomic E-state index is -0.833. The summed E-state index contributed by atoms with van der Waals surface area (Å²) in [5.74, 6) is -0.833. The van der Waals surface area contributed by atoms with Gasteiger partial charge in [0.15, 0.2) is 0 Å². The molecule has 4 nitrogen and oxygen atoms in total. The number of fused-ring (bicyclic) bond motifs is 3. The molecular formula is C14H14N2O2S. The molecule has 0 saturated carbocycles. The van der Waals surface area contributed by atoms with E-state index in [1.807, 2.05) is 24.3 Å². The lowest BCUT2D eigenvalue weighted by molar-refractivity contribution is -0.134. The van der Waals surface area contributed by atoms with Gasteiger partial charge in [0.2, 0.25) is 0 Å². The van der Waals surface area contributed by atoms with E-state index in [1.54, 1.807) is 11.3 Å². The monoisotopic (exact) mass is 274 g/mol. The van der Waals surface area contributed by atoms with Crippen molar-refractivity contribution in [1.29, 1.82) is 0 Å². The highest BCUT2D eigenvalue weighted by molar-refractivity contribution is 7.26. The minimum Gasteiger partial charge on any atom is -0.481 e. The van der Waals surface area contributed by atoms with Crippen LogP contribution in [0.4, 0.5) is 11.4 Å². The number of nitrogens with two attached hydrogens (primary N) is 2. The zero-order chi connectivity index (χ0) is 14.0. The summed E-state index contributed by atoms with van der Waals surface area (Å²) in [6.07, 6.45) is 0. The highest BCUT2D eigenvalue weighted by Gasteiger charge is 2.07. The van der Waals surface area contributed by atoms with E-state index >= 15 is 0 Å². The normalized spacial score (nSPS) is 10.2. The topological polar surface area (TPSA) is 89.3 Å². The fourth-order valence-electron chi connectivity index (χ4n) is 1.88. The molecule has 0 radical (unpaired) electrons.